The summed E-state index contributed by atoms with van der Waals surface area (Å²) in [7, 11) is 3.36. The van der Waals surface area contributed by atoms with Crippen LogP contribution in [-0.2, 0) is 6.42 Å². The molecule has 3 nitrogen and oxygen atoms in total. The van der Waals surface area contributed by atoms with Gasteiger partial charge in [-0.05, 0) is 96.7 Å². The zero-order valence-corrected chi connectivity index (χ0v) is 20.5. The molecule has 33 heavy (non-hydrogen) atoms. The van der Waals surface area contributed by atoms with Gasteiger partial charge in [0.1, 0.15) is 17.2 Å². The van der Waals surface area contributed by atoms with Gasteiger partial charge in [-0.2, -0.15) is 0 Å². The van der Waals surface area contributed by atoms with Gasteiger partial charge in [0, 0.05) is 10.3 Å². The van der Waals surface area contributed by atoms with Crippen molar-refractivity contribution < 1.29 is 14.6 Å². The van der Waals surface area contributed by atoms with E-state index in [-0.39, 0.29) is 5.75 Å². The Morgan fingerprint density at radius 3 is 2.39 bits per heavy atom. The molecule has 0 atom stereocenters. The lowest BCUT2D eigenvalue weighted by molar-refractivity contribution is 0.405. The van der Waals surface area contributed by atoms with E-state index >= 15 is 0 Å². The second kappa shape index (κ2) is 9.80. The summed E-state index contributed by atoms with van der Waals surface area (Å²) in [5.74, 6) is 1.87. The number of hydrogen-bond donors (Lipinski definition) is 1. The molecular weight excluding hydrogens is 428 g/mol. The summed E-state index contributed by atoms with van der Waals surface area (Å²) in [4.78, 5) is 2.18. The first-order valence-electron chi connectivity index (χ1n) is 11.1. The summed E-state index contributed by atoms with van der Waals surface area (Å²) in [5.41, 5.74) is 5.47. The average Bonchev–Trinajstić information content (AvgIpc) is 2.80. The lowest BCUT2D eigenvalue weighted by Gasteiger charge is -2.19. The van der Waals surface area contributed by atoms with Crippen LogP contribution in [0.25, 0.3) is 16.3 Å². The number of aromatic hydroxyl groups is 1. The molecule has 1 aliphatic carbocycles. The number of allylic oxidation sites excluding steroid dienone is 5. The number of aryl methyl sites for hydroxylation is 3. The molecule has 1 aliphatic rings. The van der Waals surface area contributed by atoms with Crippen molar-refractivity contribution in [2.75, 3.05) is 14.2 Å². The predicted octanol–water partition coefficient (Wildman–Crippen LogP) is 7.79. The molecular formula is C29H30O3S. The number of methoxy groups -OCH3 is 2. The summed E-state index contributed by atoms with van der Waals surface area (Å²) in [6.07, 6.45) is 11.3. The van der Waals surface area contributed by atoms with Crippen LogP contribution in [0.15, 0.2) is 71.0 Å². The highest BCUT2D eigenvalue weighted by molar-refractivity contribution is 7.99. The molecule has 0 amide bonds. The molecule has 4 heteroatoms. The second-order valence-electron chi connectivity index (χ2n) is 8.38. The highest BCUT2D eigenvalue weighted by Gasteiger charge is 2.18. The Hall–Kier alpha value is -3.11. The molecule has 0 radical (unpaired) electrons. The van der Waals surface area contributed by atoms with Crippen molar-refractivity contribution in [2.24, 2.45) is 0 Å². The monoisotopic (exact) mass is 458 g/mol. The topological polar surface area (TPSA) is 38.7 Å². The molecule has 1 N–H and O–H groups in total. The fraction of sp³-hybridized carbons (Fsp3) is 0.241. The standard InChI is InChI=1S/C29H30O3S/c1-18-11-9-7-6-8-10-12-21-15-25(30)23-16-26(32-5)27(17-24(23)28(18)21)33-29-19(2)13-22(31-4)14-20(29)3/h6-7,9,11,13-17,30H,1,8,10,12H2,2-5H3/b7-6-,11-9-. The molecule has 0 unspecified atom stereocenters. The second-order valence-corrected chi connectivity index (χ2v) is 9.43. The van der Waals surface area contributed by atoms with Crippen LogP contribution < -0.4 is 9.47 Å². The van der Waals surface area contributed by atoms with Gasteiger partial charge in [0.2, 0.25) is 0 Å². The van der Waals surface area contributed by atoms with Crippen LogP contribution in [0.4, 0.5) is 0 Å². The van der Waals surface area contributed by atoms with E-state index in [9.17, 15) is 5.11 Å². The largest absolute Gasteiger partial charge is 0.507 e. The maximum absolute atomic E-state index is 10.9. The zero-order valence-electron chi connectivity index (χ0n) is 19.7. The first-order chi connectivity index (χ1) is 15.9. The number of fused-ring (bicyclic) bond motifs is 3. The third-order valence-electron chi connectivity index (χ3n) is 6.05. The Kier molecular flexibility index (Phi) is 6.85. The fourth-order valence-electron chi connectivity index (χ4n) is 4.42. The van der Waals surface area contributed by atoms with Crippen molar-refractivity contribution in [2.45, 2.75) is 42.9 Å². The molecule has 0 aromatic heterocycles. The minimum atomic E-state index is 0.278. The summed E-state index contributed by atoms with van der Waals surface area (Å²) < 4.78 is 11.2. The van der Waals surface area contributed by atoms with Crippen LogP contribution in [0, 0.1) is 13.8 Å². The van der Waals surface area contributed by atoms with Gasteiger partial charge >= 0.3 is 0 Å². The number of benzene rings is 3. The van der Waals surface area contributed by atoms with Gasteiger partial charge in [0.25, 0.3) is 0 Å². The summed E-state index contributed by atoms with van der Waals surface area (Å²) in [5, 5.41) is 12.7. The minimum Gasteiger partial charge on any atom is -0.507 e. The first-order valence-corrected chi connectivity index (χ1v) is 12.0. The van der Waals surface area contributed by atoms with E-state index in [1.165, 1.54) is 4.90 Å². The normalized spacial score (nSPS) is 15.7. The lowest BCUT2D eigenvalue weighted by atomic mass is 9.90. The van der Waals surface area contributed by atoms with Crippen molar-refractivity contribution in [3.8, 4) is 17.2 Å². The van der Waals surface area contributed by atoms with Crippen LogP contribution in [0.2, 0.25) is 0 Å². The maximum atomic E-state index is 10.9. The van der Waals surface area contributed by atoms with Crippen LogP contribution in [0.5, 0.6) is 17.2 Å². The van der Waals surface area contributed by atoms with Gasteiger partial charge < -0.3 is 14.6 Å². The van der Waals surface area contributed by atoms with E-state index < -0.39 is 0 Å². The number of ether oxygens (including phenoxy) is 2. The maximum Gasteiger partial charge on any atom is 0.133 e. The van der Waals surface area contributed by atoms with Crippen molar-refractivity contribution in [1.82, 2.24) is 0 Å². The Morgan fingerprint density at radius 2 is 1.70 bits per heavy atom. The SMILES string of the molecule is C=C1/C=C\C=C/CCCc2cc(O)c3cc(OC)c(Sc4c(C)cc(OC)cc4C)cc3c21. The summed E-state index contributed by atoms with van der Waals surface area (Å²) in [6.45, 7) is 8.55. The van der Waals surface area contributed by atoms with Gasteiger partial charge in [-0.1, -0.05) is 42.6 Å². The van der Waals surface area contributed by atoms with Gasteiger partial charge in [0.15, 0.2) is 0 Å². The number of rotatable bonds is 4. The molecule has 170 valence electrons. The highest BCUT2D eigenvalue weighted by atomic mass is 32.2. The third-order valence-corrected chi connectivity index (χ3v) is 7.43. The van der Waals surface area contributed by atoms with E-state index in [4.69, 9.17) is 9.47 Å². The van der Waals surface area contributed by atoms with Crippen LogP contribution >= 0.6 is 11.8 Å². The van der Waals surface area contributed by atoms with Crippen molar-refractivity contribution in [3.05, 3.63) is 83.5 Å². The van der Waals surface area contributed by atoms with Crippen molar-refractivity contribution >= 4 is 28.1 Å². The van der Waals surface area contributed by atoms with Crippen LogP contribution in [-0.4, -0.2) is 19.3 Å². The number of phenolic OH excluding ortho intramolecular Hbond substituents is 1. The van der Waals surface area contributed by atoms with Crippen LogP contribution in [0.3, 0.4) is 0 Å². The molecule has 0 heterocycles. The molecule has 0 saturated heterocycles. The molecule has 4 rings (SSSR count). The predicted molar refractivity (Wildman–Crippen MR) is 139 cm³/mol. The molecule has 3 aromatic rings. The lowest BCUT2D eigenvalue weighted by Crippen LogP contribution is -1.98. The number of hydrogen-bond acceptors (Lipinski definition) is 4. The summed E-state index contributed by atoms with van der Waals surface area (Å²) in [6, 6.07) is 10.1. The van der Waals surface area contributed by atoms with Gasteiger partial charge in [-0.3, -0.25) is 0 Å². The van der Waals surface area contributed by atoms with Crippen molar-refractivity contribution in [1.29, 1.82) is 0 Å². The van der Waals surface area contributed by atoms with E-state index in [1.54, 1.807) is 26.0 Å². The molecule has 0 fully saturated rings. The Labute approximate surface area is 200 Å². The fourth-order valence-corrected chi connectivity index (χ4v) is 5.50. The molecule has 0 bridgehead atoms. The average molecular weight is 459 g/mol. The Morgan fingerprint density at radius 1 is 0.939 bits per heavy atom. The smallest absolute Gasteiger partial charge is 0.133 e. The minimum absolute atomic E-state index is 0.278. The van der Waals surface area contributed by atoms with Crippen LogP contribution in [0.1, 0.15) is 35.1 Å². The van der Waals surface area contributed by atoms with Gasteiger partial charge in [-0.25, -0.2) is 0 Å². The first kappa shape index (κ1) is 23.1. The van der Waals surface area contributed by atoms with Gasteiger partial charge in [0.05, 0.1) is 19.1 Å². The van der Waals surface area contributed by atoms with E-state index in [1.807, 2.05) is 24.3 Å². The number of phenols is 1. The Bertz CT molecular complexity index is 1260. The van der Waals surface area contributed by atoms with E-state index in [0.717, 1.165) is 74.3 Å². The van der Waals surface area contributed by atoms with Crippen molar-refractivity contribution in [3.63, 3.8) is 0 Å². The molecule has 0 spiro atoms. The molecule has 0 saturated carbocycles. The van der Waals surface area contributed by atoms with E-state index in [0.29, 0.717) is 0 Å². The van der Waals surface area contributed by atoms with Gasteiger partial charge in [-0.15, -0.1) is 0 Å². The van der Waals surface area contributed by atoms with E-state index in [2.05, 4.69) is 50.8 Å². The zero-order chi connectivity index (χ0) is 23.5. The highest BCUT2D eigenvalue weighted by Crippen LogP contribution is 2.45. The Balaban J connectivity index is 1.92. The molecule has 0 aliphatic heterocycles. The third kappa shape index (κ3) is 4.67. The quantitative estimate of drug-likeness (QED) is 0.433. The summed E-state index contributed by atoms with van der Waals surface area (Å²) >= 11 is 1.68. The molecule has 3 aromatic carbocycles.